The molecule has 1 amide bonds. The smallest absolute Gasteiger partial charge is 0.239 e. The molecule has 3 nitrogen and oxygen atoms in total. The van der Waals surface area contributed by atoms with Crippen LogP contribution in [0.4, 0.5) is 0 Å². The number of hydrogen-bond donors (Lipinski definition) is 1. The van der Waals surface area contributed by atoms with Gasteiger partial charge in [-0.25, -0.2) is 0 Å². The fourth-order valence-electron chi connectivity index (χ4n) is 0.812. The van der Waals surface area contributed by atoms with E-state index in [-0.39, 0.29) is 18.0 Å². The Hall–Kier alpha value is -0.570. The zero-order chi connectivity index (χ0) is 9.02. The maximum atomic E-state index is 11.2. The van der Waals surface area contributed by atoms with Crippen LogP contribution in [0.25, 0.3) is 0 Å². The first-order chi connectivity index (χ1) is 5.00. The third kappa shape index (κ3) is 2.89. The van der Waals surface area contributed by atoms with Gasteiger partial charge in [-0.1, -0.05) is 6.92 Å². The lowest BCUT2D eigenvalue weighted by Gasteiger charge is -2.25. The molecule has 2 atom stereocenters. The third-order valence-electron chi connectivity index (χ3n) is 1.99. The summed E-state index contributed by atoms with van der Waals surface area (Å²) in [4.78, 5) is 12.9. The fourth-order valence-corrected chi connectivity index (χ4v) is 0.812. The van der Waals surface area contributed by atoms with Crippen LogP contribution in [-0.4, -0.2) is 29.9 Å². The van der Waals surface area contributed by atoms with Crippen molar-refractivity contribution < 1.29 is 4.79 Å². The Morgan fingerprint density at radius 1 is 1.55 bits per heavy atom. The van der Waals surface area contributed by atoms with Gasteiger partial charge < -0.3 is 10.6 Å². The molecule has 0 aliphatic rings. The molecular weight excluding hydrogens is 140 g/mol. The van der Waals surface area contributed by atoms with E-state index in [1.165, 1.54) is 0 Å². The first-order valence-corrected chi connectivity index (χ1v) is 4.03. The zero-order valence-corrected chi connectivity index (χ0v) is 7.79. The minimum atomic E-state index is -0.381. The number of amides is 1. The maximum absolute atomic E-state index is 11.2. The molecule has 0 saturated carbocycles. The highest BCUT2D eigenvalue weighted by Gasteiger charge is 2.16. The van der Waals surface area contributed by atoms with E-state index in [1.807, 2.05) is 6.92 Å². The summed E-state index contributed by atoms with van der Waals surface area (Å²) in [6.07, 6.45) is 0.967. The molecule has 0 aliphatic carbocycles. The number of nitrogens with zero attached hydrogens (tertiary/aromatic N) is 1. The Kier molecular flexibility index (Phi) is 4.11. The van der Waals surface area contributed by atoms with Crippen LogP contribution in [0.15, 0.2) is 0 Å². The molecule has 0 heterocycles. The normalized spacial score (nSPS) is 15.7. The largest absolute Gasteiger partial charge is 0.342 e. The van der Waals surface area contributed by atoms with Crippen LogP contribution in [0.2, 0.25) is 0 Å². The van der Waals surface area contributed by atoms with Crippen molar-refractivity contribution in [1.82, 2.24) is 4.90 Å². The van der Waals surface area contributed by atoms with Gasteiger partial charge in [-0.2, -0.15) is 0 Å². The van der Waals surface area contributed by atoms with Crippen LogP contribution >= 0.6 is 0 Å². The maximum Gasteiger partial charge on any atom is 0.239 e. The van der Waals surface area contributed by atoms with Gasteiger partial charge in [-0.15, -0.1) is 0 Å². The van der Waals surface area contributed by atoms with Crippen LogP contribution < -0.4 is 5.73 Å². The molecule has 0 bridgehead atoms. The Bertz CT molecular complexity index is 134. The Balaban J connectivity index is 4.02. The standard InChI is InChI=1S/C8H18N2O/c1-5-6(2)10(4)8(11)7(3)9/h6-7H,5,9H2,1-4H3/t6?,7-/m0/s1. The molecule has 11 heavy (non-hydrogen) atoms. The van der Waals surface area contributed by atoms with Gasteiger partial charge in [0.05, 0.1) is 6.04 Å². The van der Waals surface area contributed by atoms with E-state index >= 15 is 0 Å². The molecule has 0 spiro atoms. The molecule has 0 aromatic carbocycles. The average Bonchev–Trinajstić information content (AvgIpc) is 2.00. The van der Waals surface area contributed by atoms with Gasteiger partial charge >= 0.3 is 0 Å². The first kappa shape index (κ1) is 10.4. The van der Waals surface area contributed by atoms with E-state index in [9.17, 15) is 4.79 Å². The van der Waals surface area contributed by atoms with Gasteiger partial charge in [0.2, 0.25) is 5.91 Å². The van der Waals surface area contributed by atoms with E-state index < -0.39 is 0 Å². The molecule has 0 aliphatic heterocycles. The lowest BCUT2D eigenvalue weighted by Crippen LogP contribution is -2.43. The van der Waals surface area contributed by atoms with Gasteiger partial charge in [0.15, 0.2) is 0 Å². The average molecular weight is 158 g/mol. The van der Waals surface area contributed by atoms with Crippen molar-refractivity contribution in [3.63, 3.8) is 0 Å². The molecule has 0 aromatic rings. The molecule has 0 radical (unpaired) electrons. The van der Waals surface area contributed by atoms with Crippen LogP contribution in [0, 0.1) is 0 Å². The van der Waals surface area contributed by atoms with E-state index in [2.05, 4.69) is 6.92 Å². The summed E-state index contributed by atoms with van der Waals surface area (Å²) in [7, 11) is 1.79. The van der Waals surface area contributed by atoms with Crippen molar-refractivity contribution in [3.8, 4) is 0 Å². The molecule has 0 rings (SSSR count). The quantitative estimate of drug-likeness (QED) is 0.653. The second-order valence-electron chi connectivity index (χ2n) is 3.00. The van der Waals surface area contributed by atoms with Crippen molar-refractivity contribution in [2.45, 2.75) is 39.3 Å². The van der Waals surface area contributed by atoms with E-state index in [0.717, 1.165) is 6.42 Å². The van der Waals surface area contributed by atoms with E-state index in [1.54, 1.807) is 18.9 Å². The van der Waals surface area contributed by atoms with Crippen molar-refractivity contribution in [2.75, 3.05) is 7.05 Å². The summed E-state index contributed by atoms with van der Waals surface area (Å²) in [5, 5.41) is 0. The predicted molar refractivity (Wildman–Crippen MR) is 46.2 cm³/mol. The van der Waals surface area contributed by atoms with Gasteiger partial charge in [-0.3, -0.25) is 4.79 Å². The number of rotatable bonds is 3. The van der Waals surface area contributed by atoms with Gasteiger partial charge in [0.25, 0.3) is 0 Å². The number of carbonyl (C=O) groups is 1. The summed E-state index contributed by atoms with van der Waals surface area (Å²) in [5.41, 5.74) is 5.44. The van der Waals surface area contributed by atoms with Crippen molar-refractivity contribution in [2.24, 2.45) is 5.73 Å². The van der Waals surface area contributed by atoms with Crippen LogP contribution in [0.5, 0.6) is 0 Å². The highest BCUT2D eigenvalue weighted by atomic mass is 16.2. The first-order valence-electron chi connectivity index (χ1n) is 4.03. The SMILES string of the molecule is CCC(C)N(C)C(=O)[C@H](C)N. The number of likely N-dealkylation sites (N-methyl/N-ethyl adjacent to an activating group) is 1. The number of nitrogens with two attached hydrogens (primary N) is 1. The molecule has 1 unspecified atom stereocenters. The molecule has 0 saturated heterocycles. The van der Waals surface area contributed by atoms with Crippen molar-refractivity contribution in [1.29, 1.82) is 0 Å². The zero-order valence-electron chi connectivity index (χ0n) is 7.79. The fraction of sp³-hybridized carbons (Fsp3) is 0.875. The predicted octanol–water partition coefficient (Wildman–Crippen LogP) is 0.591. The molecule has 0 aromatic heterocycles. The Labute approximate surface area is 68.6 Å². The van der Waals surface area contributed by atoms with Gasteiger partial charge in [-0.05, 0) is 20.3 Å². The van der Waals surface area contributed by atoms with Crippen LogP contribution in [0.1, 0.15) is 27.2 Å². The van der Waals surface area contributed by atoms with Crippen LogP contribution in [-0.2, 0) is 4.79 Å². The second kappa shape index (κ2) is 4.34. The van der Waals surface area contributed by atoms with Gasteiger partial charge in [0, 0.05) is 13.1 Å². The molecule has 0 fully saturated rings. The van der Waals surface area contributed by atoms with E-state index in [4.69, 9.17) is 5.73 Å². The molecule has 66 valence electrons. The molecular formula is C8H18N2O. The monoisotopic (exact) mass is 158 g/mol. The molecule has 3 heteroatoms. The minimum Gasteiger partial charge on any atom is -0.342 e. The van der Waals surface area contributed by atoms with Gasteiger partial charge in [0.1, 0.15) is 0 Å². The lowest BCUT2D eigenvalue weighted by molar-refractivity contribution is -0.132. The minimum absolute atomic E-state index is 0.0133. The Morgan fingerprint density at radius 2 is 2.00 bits per heavy atom. The summed E-state index contributed by atoms with van der Waals surface area (Å²) >= 11 is 0. The van der Waals surface area contributed by atoms with Crippen LogP contribution in [0.3, 0.4) is 0 Å². The summed E-state index contributed by atoms with van der Waals surface area (Å²) in [6, 6.07) is -0.0949. The summed E-state index contributed by atoms with van der Waals surface area (Å²) in [6.45, 7) is 5.77. The second-order valence-corrected chi connectivity index (χ2v) is 3.00. The van der Waals surface area contributed by atoms with E-state index in [0.29, 0.717) is 0 Å². The highest BCUT2D eigenvalue weighted by molar-refractivity contribution is 5.81. The molecule has 2 N–H and O–H groups in total. The summed E-state index contributed by atoms with van der Waals surface area (Å²) in [5.74, 6) is 0.0133. The third-order valence-corrected chi connectivity index (χ3v) is 1.99. The topological polar surface area (TPSA) is 46.3 Å². The Morgan fingerprint density at radius 3 is 2.27 bits per heavy atom. The van der Waals surface area contributed by atoms with Crippen molar-refractivity contribution in [3.05, 3.63) is 0 Å². The number of hydrogen-bond acceptors (Lipinski definition) is 2. The summed E-state index contributed by atoms with van der Waals surface area (Å²) < 4.78 is 0. The van der Waals surface area contributed by atoms with Crippen molar-refractivity contribution >= 4 is 5.91 Å². The lowest BCUT2D eigenvalue weighted by atomic mass is 10.2. The number of carbonyl (C=O) groups excluding carboxylic acids is 1. The highest BCUT2D eigenvalue weighted by Crippen LogP contribution is 2.01.